The largest absolute Gasteiger partial charge is 0.456 e. The predicted octanol–water partition coefficient (Wildman–Crippen LogP) is 12.6. The molecule has 0 radical (unpaired) electrons. The second kappa shape index (κ2) is 13.0. The van der Waals surface area contributed by atoms with Crippen LogP contribution in [0.15, 0.2) is 193 Å². The van der Waals surface area contributed by atoms with E-state index < -0.39 is 0 Å². The average Bonchev–Trinajstić information content (AvgIpc) is 3.83. The second-order valence-electron chi connectivity index (χ2n) is 13.9. The van der Waals surface area contributed by atoms with Crippen LogP contribution < -0.4 is 0 Å². The van der Waals surface area contributed by atoms with Crippen molar-refractivity contribution < 1.29 is 4.42 Å². The number of pyridine rings is 1. The third-order valence-electron chi connectivity index (χ3n) is 10.6. The molecule has 0 aliphatic heterocycles. The summed E-state index contributed by atoms with van der Waals surface area (Å²) in [7, 11) is 0. The van der Waals surface area contributed by atoms with Crippen molar-refractivity contribution in [3.63, 3.8) is 0 Å². The minimum atomic E-state index is 0.564. The molecule has 0 N–H and O–H groups in total. The van der Waals surface area contributed by atoms with Gasteiger partial charge in [-0.3, -0.25) is 4.98 Å². The summed E-state index contributed by atoms with van der Waals surface area (Å²) in [5.74, 6) is 1.74. The van der Waals surface area contributed by atoms with Crippen LogP contribution in [0, 0.1) is 0 Å². The summed E-state index contributed by atoms with van der Waals surface area (Å²) < 4.78 is 8.54. The number of rotatable bonds is 6. The maximum Gasteiger partial charge on any atom is 0.164 e. The van der Waals surface area contributed by atoms with Gasteiger partial charge in [0, 0.05) is 56.3 Å². The number of hydrogen-bond acceptors (Lipinski definition) is 5. The smallest absolute Gasteiger partial charge is 0.164 e. The second-order valence-corrected chi connectivity index (χ2v) is 13.9. The van der Waals surface area contributed by atoms with Crippen molar-refractivity contribution in [3.8, 4) is 62.1 Å². The first-order chi connectivity index (χ1) is 27.7. The van der Waals surface area contributed by atoms with Gasteiger partial charge >= 0.3 is 0 Å². The summed E-state index contributed by atoms with van der Waals surface area (Å²) >= 11 is 0. The third kappa shape index (κ3) is 5.35. The Bertz CT molecular complexity index is 3170. The fraction of sp³-hybridized carbons (Fsp3) is 0. The Morgan fingerprint density at radius 2 is 0.893 bits per heavy atom. The lowest BCUT2D eigenvalue weighted by Gasteiger charge is -2.11. The fourth-order valence-corrected chi connectivity index (χ4v) is 7.87. The molecule has 0 spiro atoms. The molecule has 6 heteroatoms. The van der Waals surface area contributed by atoms with Crippen LogP contribution in [0.25, 0.3) is 106 Å². The third-order valence-corrected chi connectivity index (χ3v) is 10.6. The van der Waals surface area contributed by atoms with E-state index in [1.165, 1.54) is 21.9 Å². The standard InChI is InChI=1S/C50H31N5O/c1-2-9-32(10-3-1)33-17-19-34(20-18-33)35-21-23-36(24-22-35)48-52-49(54-50(53-48)41-13-8-16-46-47(41)42-31-51-30-29-45(42)56-46)37-25-27-38(28-26-37)55-43-14-6-4-11-39(43)40-12-5-7-15-44(40)55/h1-31H. The Hall–Kier alpha value is -7.70. The number of para-hydroxylation sites is 2. The maximum atomic E-state index is 6.23. The van der Waals surface area contributed by atoms with Crippen molar-refractivity contribution in [2.45, 2.75) is 0 Å². The Labute approximate surface area is 322 Å². The quantitative estimate of drug-likeness (QED) is 0.171. The van der Waals surface area contributed by atoms with Crippen LogP contribution in [0.2, 0.25) is 0 Å². The first-order valence-electron chi connectivity index (χ1n) is 18.6. The molecule has 56 heavy (non-hydrogen) atoms. The van der Waals surface area contributed by atoms with Crippen LogP contribution in [0.5, 0.6) is 0 Å². The van der Waals surface area contributed by atoms with E-state index in [2.05, 4.69) is 155 Å². The molecular weight excluding hydrogens is 687 g/mol. The molecule has 11 rings (SSSR count). The molecule has 0 bridgehead atoms. The highest BCUT2D eigenvalue weighted by Gasteiger charge is 2.19. The summed E-state index contributed by atoms with van der Waals surface area (Å²) in [6.45, 7) is 0. The molecule has 0 aliphatic carbocycles. The van der Waals surface area contributed by atoms with E-state index in [1.807, 2.05) is 36.5 Å². The average molecular weight is 718 g/mol. The van der Waals surface area contributed by atoms with E-state index >= 15 is 0 Å². The van der Waals surface area contributed by atoms with Crippen molar-refractivity contribution >= 4 is 43.7 Å². The molecule has 7 aromatic carbocycles. The Balaban J connectivity index is 1.02. The van der Waals surface area contributed by atoms with Crippen LogP contribution in [-0.2, 0) is 0 Å². The van der Waals surface area contributed by atoms with Crippen LogP contribution in [0.1, 0.15) is 0 Å². The molecule has 0 fully saturated rings. The van der Waals surface area contributed by atoms with Gasteiger partial charge in [0.15, 0.2) is 17.5 Å². The number of fused-ring (bicyclic) bond motifs is 6. The van der Waals surface area contributed by atoms with Gasteiger partial charge in [0.2, 0.25) is 0 Å². The van der Waals surface area contributed by atoms with E-state index in [0.29, 0.717) is 17.5 Å². The van der Waals surface area contributed by atoms with Crippen molar-refractivity contribution in [1.29, 1.82) is 0 Å². The van der Waals surface area contributed by atoms with E-state index in [9.17, 15) is 0 Å². The molecule has 0 aliphatic rings. The Morgan fingerprint density at radius 3 is 1.52 bits per heavy atom. The number of nitrogens with zero attached hydrogens (tertiary/aromatic N) is 5. The monoisotopic (exact) mass is 717 g/mol. The van der Waals surface area contributed by atoms with Crippen molar-refractivity contribution in [1.82, 2.24) is 24.5 Å². The van der Waals surface area contributed by atoms with Crippen LogP contribution in [0.3, 0.4) is 0 Å². The fourth-order valence-electron chi connectivity index (χ4n) is 7.87. The van der Waals surface area contributed by atoms with E-state index in [4.69, 9.17) is 19.4 Å². The van der Waals surface area contributed by atoms with Crippen molar-refractivity contribution in [3.05, 3.63) is 188 Å². The van der Waals surface area contributed by atoms with Crippen molar-refractivity contribution in [2.75, 3.05) is 0 Å². The molecule has 6 nitrogen and oxygen atoms in total. The van der Waals surface area contributed by atoms with E-state index in [1.54, 1.807) is 6.20 Å². The van der Waals surface area contributed by atoms with Gasteiger partial charge in [-0.1, -0.05) is 127 Å². The van der Waals surface area contributed by atoms with Crippen LogP contribution >= 0.6 is 0 Å². The van der Waals surface area contributed by atoms with Gasteiger partial charge in [0.1, 0.15) is 11.2 Å². The van der Waals surface area contributed by atoms with E-state index in [-0.39, 0.29) is 0 Å². The Kier molecular flexibility index (Phi) is 7.38. The molecule has 11 aromatic rings. The molecule has 0 saturated heterocycles. The topological polar surface area (TPSA) is 69.6 Å². The summed E-state index contributed by atoms with van der Waals surface area (Å²) in [6, 6.07) is 61.0. The van der Waals surface area contributed by atoms with E-state index in [0.717, 1.165) is 66.5 Å². The van der Waals surface area contributed by atoms with Gasteiger partial charge in [-0.05, 0) is 70.8 Å². The summed E-state index contributed by atoms with van der Waals surface area (Å²) in [6.07, 6.45) is 3.58. The number of hydrogen-bond donors (Lipinski definition) is 0. The lowest BCUT2D eigenvalue weighted by molar-refractivity contribution is 0.668. The maximum absolute atomic E-state index is 6.23. The first kappa shape index (κ1) is 31.8. The summed E-state index contributed by atoms with van der Waals surface area (Å²) in [4.78, 5) is 19.8. The number of benzene rings is 7. The minimum absolute atomic E-state index is 0.564. The molecule has 4 heterocycles. The highest BCUT2D eigenvalue weighted by Crippen LogP contribution is 2.37. The SMILES string of the molecule is c1ccc(-c2ccc(-c3ccc(-c4nc(-c5ccc(-n6c7ccccc7c7ccccc76)cc5)nc(-c5cccc6oc7ccncc7c56)n4)cc3)cc2)cc1. The molecule has 0 unspecified atom stereocenters. The van der Waals surface area contributed by atoms with Gasteiger partial charge < -0.3 is 8.98 Å². The predicted molar refractivity (Wildman–Crippen MR) is 226 cm³/mol. The van der Waals surface area contributed by atoms with Crippen LogP contribution in [0.4, 0.5) is 0 Å². The lowest BCUT2D eigenvalue weighted by atomic mass is 9.99. The zero-order valence-electron chi connectivity index (χ0n) is 30.0. The molecule has 0 saturated carbocycles. The van der Waals surface area contributed by atoms with Gasteiger partial charge in [0.05, 0.1) is 11.0 Å². The van der Waals surface area contributed by atoms with Gasteiger partial charge in [-0.25, -0.2) is 15.0 Å². The normalized spacial score (nSPS) is 11.6. The molecule has 262 valence electrons. The van der Waals surface area contributed by atoms with Crippen molar-refractivity contribution in [2.24, 2.45) is 0 Å². The molecule has 4 aromatic heterocycles. The highest BCUT2D eigenvalue weighted by atomic mass is 16.3. The summed E-state index contributed by atoms with van der Waals surface area (Å²) in [5.41, 5.74) is 12.2. The molecular formula is C50H31N5O. The molecule has 0 atom stereocenters. The van der Waals surface area contributed by atoms with Gasteiger partial charge in [0.25, 0.3) is 0 Å². The van der Waals surface area contributed by atoms with Gasteiger partial charge in [-0.2, -0.15) is 0 Å². The zero-order valence-corrected chi connectivity index (χ0v) is 30.0. The van der Waals surface area contributed by atoms with Crippen LogP contribution in [-0.4, -0.2) is 24.5 Å². The molecule has 0 amide bonds. The zero-order chi connectivity index (χ0) is 37.0. The lowest BCUT2D eigenvalue weighted by Crippen LogP contribution is -2.01. The summed E-state index contributed by atoms with van der Waals surface area (Å²) in [5, 5.41) is 4.30. The highest BCUT2D eigenvalue weighted by molar-refractivity contribution is 6.11. The number of aromatic nitrogens is 5. The Morgan fingerprint density at radius 1 is 0.375 bits per heavy atom. The first-order valence-corrected chi connectivity index (χ1v) is 18.6. The number of furan rings is 1. The minimum Gasteiger partial charge on any atom is -0.456 e. The van der Waals surface area contributed by atoms with Gasteiger partial charge in [-0.15, -0.1) is 0 Å².